The summed E-state index contributed by atoms with van der Waals surface area (Å²) >= 11 is 0. The molecule has 2 aliphatic rings. The number of hydrogen-bond acceptors (Lipinski definition) is 4. The normalized spacial score (nSPS) is 22.0. The number of nitrogens with zero attached hydrogens (tertiary/aromatic N) is 3. The molecule has 2 aromatic heterocycles. The molecule has 128 valence electrons. The predicted octanol–water partition coefficient (Wildman–Crippen LogP) is 1.40. The number of pyridine rings is 1. The van der Waals surface area contributed by atoms with Crippen LogP contribution < -0.4 is 5.56 Å². The minimum atomic E-state index is -0.454. The van der Waals surface area contributed by atoms with Crippen LogP contribution >= 0.6 is 0 Å². The first kappa shape index (κ1) is 15.6. The number of aromatic nitrogens is 3. The minimum Gasteiger partial charge on any atom is -0.338 e. The second-order valence-electron chi connectivity index (χ2n) is 7.04. The van der Waals surface area contributed by atoms with E-state index in [2.05, 4.69) is 15.2 Å². The third kappa shape index (κ3) is 2.37. The molecule has 0 saturated carbocycles. The summed E-state index contributed by atoms with van der Waals surface area (Å²) in [7, 11) is 0. The predicted molar refractivity (Wildman–Crippen MR) is 90.2 cm³/mol. The van der Waals surface area contributed by atoms with Crippen molar-refractivity contribution in [2.24, 2.45) is 0 Å². The summed E-state index contributed by atoms with van der Waals surface area (Å²) in [5, 5.41) is 16.4. The Morgan fingerprint density at radius 2 is 2.28 bits per heavy atom. The lowest BCUT2D eigenvalue weighted by Crippen LogP contribution is -2.48. The average Bonchev–Trinajstić information content (AvgIpc) is 3.20. The van der Waals surface area contributed by atoms with E-state index in [1.165, 1.54) is 17.3 Å². The Morgan fingerprint density at radius 1 is 1.44 bits per heavy atom. The van der Waals surface area contributed by atoms with Gasteiger partial charge in [-0.3, -0.25) is 14.7 Å². The molecule has 7 heteroatoms. The van der Waals surface area contributed by atoms with Gasteiger partial charge >= 0.3 is 0 Å². The van der Waals surface area contributed by atoms with Gasteiger partial charge in [-0.1, -0.05) is 0 Å². The van der Waals surface area contributed by atoms with Crippen LogP contribution in [0, 0.1) is 18.3 Å². The van der Waals surface area contributed by atoms with Crippen molar-refractivity contribution >= 4 is 5.91 Å². The highest BCUT2D eigenvalue weighted by molar-refractivity contribution is 5.95. The molecule has 1 amide bonds. The highest BCUT2D eigenvalue weighted by Crippen LogP contribution is 2.44. The third-order valence-corrected chi connectivity index (χ3v) is 5.57. The highest BCUT2D eigenvalue weighted by atomic mass is 16.2. The lowest BCUT2D eigenvalue weighted by atomic mass is 9.77. The van der Waals surface area contributed by atoms with E-state index in [0.717, 1.165) is 25.7 Å². The molecule has 2 N–H and O–H groups in total. The van der Waals surface area contributed by atoms with Gasteiger partial charge in [0.15, 0.2) is 0 Å². The van der Waals surface area contributed by atoms with Gasteiger partial charge < -0.3 is 9.88 Å². The molecule has 4 rings (SSSR count). The van der Waals surface area contributed by atoms with Crippen LogP contribution in [0.2, 0.25) is 0 Å². The van der Waals surface area contributed by atoms with Crippen LogP contribution in [0.3, 0.4) is 0 Å². The molecule has 1 unspecified atom stereocenters. The number of carbonyl (C=O) groups is 1. The maximum atomic E-state index is 13.1. The molecule has 1 spiro atoms. The fourth-order valence-electron chi connectivity index (χ4n) is 4.27. The van der Waals surface area contributed by atoms with Crippen molar-refractivity contribution in [2.75, 3.05) is 13.1 Å². The van der Waals surface area contributed by atoms with Crippen molar-refractivity contribution in [3.63, 3.8) is 0 Å². The molecule has 2 aromatic rings. The molecule has 0 bridgehead atoms. The minimum absolute atomic E-state index is 0.0302. The summed E-state index contributed by atoms with van der Waals surface area (Å²) in [5.41, 5.74) is 2.79. The smallest absolute Gasteiger partial charge is 0.266 e. The van der Waals surface area contributed by atoms with Gasteiger partial charge in [0.25, 0.3) is 11.5 Å². The molecule has 7 nitrogen and oxygen atoms in total. The van der Waals surface area contributed by atoms with Gasteiger partial charge in [-0.15, -0.1) is 0 Å². The number of amides is 1. The zero-order valence-electron chi connectivity index (χ0n) is 14.1. The lowest BCUT2D eigenvalue weighted by molar-refractivity contribution is 0.0631. The number of rotatable bonds is 1. The summed E-state index contributed by atoms with van der Waals surface area (Å²) in [6.07, 6.45) is 5.87. The molecule has 0 radical (unpaired) electrons. The molecule has 0 aromatic carbocycles. The van der Waals surface area contributed by atoms with E-state index in [1.807, 2.05) is 17.2 Å². The quantitative estimate of drug-likeness (QED) is 0.820. The van der Waals surface area contributed by atoms with Crippen LogP contribution in [-0.2, 0) is 11.8 Å². The number of piperidine rings is 1. The first-order chi connectivity index (χ1) is 12.0. The fourth-order valence-corrected chi connectivity index (χ4v) is 4.27. The van der Waals surface area contributed by atoms with Crippen molar-refractivity contribution in [1.82, 2.24) is 20.1 Å². The number of fused-ring (bicyclic) bond motifs is 2. The molecule has 1 fully saturated rings. The van der Waals surface area contributed by atoms with E-state index >= 15 is 0 Å². The largest absolute Gasteiger partial charge is 0.338 e. The molecular weight excluding hydrogens is 318 g/mol. The summed E-state index contributed by atoms with van der Waals surface area (Å²) in [4.78, 5) is 29.2. The van der Waals surface area contributed by atoms with Gasteiger partial charge in [0.1, 0.15) is 11.6 Å². The number of H-pyrrole nitrogens is 2. The highest BCUT2D eigenvalue weighted by Gasteiger charge is 2.44. The summed E-state index contributed by atoms with van der Waals surface area (Å²) in [5.74, 6) is -0.128. The van der Waals surface area contributed by atoms with E-state index in [1.54, 1.807) is 6.92 Å². The monoisotopic (exact) mass is 337 g/mol. The van der Waals surface area contributed by atoms with Crippen molar-refractivity contribution in [1.29, 1.82) is 5.26 Å². The van der Waals surface area contributed by atoms with Gasteiger partial charge in [0.2, 0.25) is 0 Å². The second kappa shape index (κ2) is 5.59. The molecular formula is C18H19N5O2. The summed E-state index contributed by atoms with van der Waals surface area (Å²) in [6, 6.07) is 3.26. The molecule has 25 heavy (non-hydrogen) atoms. The number of aromatic amines is 2. The van der Waals surface area contributed by atoms with E-state index in [-0.39, 0.29) is 16.9 Å². The van der Waals surface area contributed by atoms with Crippen molar-refractivity contribution in [2.45, 2.75) is 38.0 Å². The Bertz CT molecular complexity index is 951. The Hall–Kier alpha value is -2.88. The topological polar surface area (TPSA) is 106 Å². The van der Waals surface area contributed by atoms with Gasteiger partial charge in [-0.25, -0.2) is 0 Å². The van der Waals surface area contributed by atoms with E-state index < -0.39 is 5.56 Å². The van der Waals surface area contributed by atoms with Crippen LogP contribution in [0.4, 0.5) is 0 Å². The number of nitrogens with one attached hydrogen (secondary N) is 2. The first-order valence-electron chi connectivity index (χ1n) is 8.50. The first-order valence-corrected chi connectivity index (χ1v) is 8.50. The van der Waals surface area contributed by atoms with Gasteiger partial charge in [0.05, 0.1) is 11.8 Å². The number of carbonyl (C=O) groups excluding carboxylic acids is 1. The third-order valence-electron chi connectivity index (χ3n) is 5.57. The number of aryl methyl sites for hydroxylation is 2. The van der Waals surface area contributed by atoms with E-state index in [9.17, 15) is 9.59 Å². The summed E-state index contributed by atoms with van der Waals surface area (Å²) in [6.45, 7) is 3.02. The maximum absolute atomic E-state index is 13.1. The zero-order valence-corrected chi connectivity index (χ0v) is 14.1. The molecule has 1 aliphatic carbocycles. The average molecular weight is 337 g/mol. The van der Waals surface area contributed by atoms with Crippen LogP contribution in [0.1, 0.15) is 52.1 Å². The SMILES string of the molecule is Cc1[nH]c(=O)c(C#N)cc1C(=O)N1CCCC2(CCc3cn[nH]c32)C1. The Kier molecular flexibility index (Phi) is 3.49. The zero-order chi connectivity index (χ0) is 17.6. The fraction of sp³-hybridized carbons (Fsp3) is 0.444. The van der Waals surface area contributed by atoms with E-state index in [0.29, 0.717) is 24.3 Å². The van der Waals surface area contributed by atoms with E-state index in [4.69, 9.17) is 5.26 Å². The Balaban J connectivity index is 1.66. The number of nitriles is 1. The van der Waals surface area contributed by atoms with Crippen LogP contribution in [0.15, 0.2) is 17.1 Å². The summed E-state index contributed by atoms with van der Waals surface area (Å²) < 4.78 is 0. The van der Waals surface area contributed by atoms with Crippen molar-refractivity contribution in [3.05, 3.63) is 50.7 Å². The van der Waals surface area contributed by atoms with Gasteiger partial charge in [-0.2, -0.15) is 10.4 Å². The van der Waals surface area contributed by atoms with Crippen LogP contribution in [0.25, 0.3) is 0 Å². The molecule has 1 saturated heterocycles. The maximum Gasteiger partial charge on any atom is 0.266 e. The molecule has 3 heterocycles. The van der Waals surface area contributed by atoms with Gasteiger partial charge in [-0.05, 0) is 44.2 Å². The van der Waals surface area contributed by atoms with Crippen LogP contribution in [0.5, 0.6) is 0 Å². The standard InChI is InChI=1S/C18H19N5O2/c1-11-14(7-13(8-19)16(24)21-11)17(25)23-6-2-4-18(10-23)5-3-12-9-20-22-15(12)18/h7,9H,2-6,10H2,1H3,(H,20,22)(H,21,24). The number of likely N-dealkylation sites (tertiary alicyclic amines) is 1. The van der Waals surface area contributed by atoms with Gasteiger partial charge in [0, 0.05) is 29.9 Å². The van der Waals surface area contributed by atoms with Crippen LogP contribution in [-0.4, -0.2) is 39.1 Å². The van der Waals surface area contributed by atoms with Crippen molar-refractivity contribution in [3.8, 4) is 6.07 Å². The van der Waals surface area contributed by atoms with Crippen molar-refractivity contribution < 1.29 is 4.79 Å². The second-order valence-corrected chi connectivity index (χ2v) is 7.04. The Morgan fingerprint density at radius 3 is 3.08 bits per heavy atom. The molecule has 1 atom stereocenters. The Labute approximate surface area is 144 Å². The number of hydrogen-bond donors (Lipinski definition) is 2. The lowest BCUT2D eigenvalue weighted by Gasteiger charge is -2.40. The molecule has 1 aliphatic heterocycles.